The lowest BCUT2D eigenvalue weighted by Gasteiger charge is -2.08. The smallest absolute Gasteiger partial charge is 0.293 e. The number of carbonyl (C=O) groups excluding carboxylic acids is 1. The first-order valence-corrected chi connectivity index (χ1v) is 8.69. The SMILES string of the molecule is CNc1ccc(C(=O)Nc2cccc(S(C)(=O)=O)c2)cc1[N+](=O)[O-]. The quantitative estimate of drug-likeness (QED) is 0.631. The van der Waals surface area contributed by atoms with Crippen molar-refractivity contribution in [2.24, 2.45) is 0 Å². The van der Waals surface area contributed by atoms with E-state index in [-0.39, 0.29) is 27.5 Å². The highest BCUT2D eigenvalue weighted by atomic mass is 32.2. The highest BCUT2D eigenvalue weighted by Gasteiger charge is 2.17. The van der Waals surface area contributed by atoms with E-state index in [4.69, 9.17) is 0 Å². The van der Waals surface area contributed by atoms with Crippen LogP contribution in [-0.2, 0) is 9.84 Å². The number of sulfone groups is 1. The second kappa shape index (κ2) is 6.67. The molecule has 126 valence electrons. The zero-order valence-corrected chi connectivity index (χ0v) is 13.8. The maximum Gasteiger partial charge on any atom is 0.293 e. The third kappa shape index (κ3) is 3.87. The molecule has 0 atom stereocenters. The van der Waals surface area contributed by atoms with Gasteiger partial charge < -0.3 is 10.6 Å². The lowest BCUT2D eigenvalue weighted by atomic mass is 10.1. The first-order chi connectivity index (χ1) is 11.2. The van der Waals surface area contributed by atoms with Gasteiger partial charge >= 0.3 is 0 Å². The van der Waals surface area contributed by atoms with Gasteiger partial charge in [-0.15, -0.1) is 0 Å². The maximum absolute atomic E-state index is 12.2. The van der Waals surface area contributed by atoms with Crippen LogP contribution < -0.4 is 10.6 Å². The molecule has 8 nitrogen and oxygen atoms in total. The molecular formula is C15H15N3O5S. The fraction of sp³-hybridized carbons (Fsp3) is 0.133. The number of nitro groups is 1. The van der Waals surface area contributed by atoms with Crippen LogP contribution in [0.3, 0.4) is 0 Å². The Balaban J connectivity index is 2.31. The summed E-state index contributed by atoms with van der Waals surface area (Å²) >= 11 is 0. The average Bonchev–Trinajstić information content (AvgIpc) is 2.53. The van der Waals surface area contributed by atoms with E-state index in [0.717, 1.165) is 12.3 Å². The molecule has 0 aromatic heterocycles. The maximum atomic E-state index is 12.2. The zero-order chi connectivity index (χ0) is 17.9. The molecule has 0 unspecified atom stereocenters. The summed E-state index contributed by atoms with van der Waals surface area (Å²) in [4.78, 5) is 22.8. The number of carbonyl (C=O) groups is 1. The second-order valence-corrected chi connectivity index (χ2v) is 7.01. The Hall–Kier alpha value is -2.94. The highest BCUT2D eigenvalue weighted by molar-refractivity contribution is 7.90. The van der Waals surface area contributed by atoms with Crippen molar-refractivity contribution in [1.29, 1.82) is 0 Å². The van der Waals surface area contributed by atoms with Crippen LogP contribution in [0.4, 0.5) is 17.1 Å². The van der Waals surface area contributed by atoms with Gasteiger partial charge in [-0.05, 0) is 30.3 Å². The molecule has 2 rings (SSSR count). The number of rotatable bonds is 5. The molecule has 2 N–H and O–H groups in total. The molecule has 0 aliphatic carbocycles. The van der Waals surface area contributed by atoms with Gasteiger partial charge in [0, 0.05) is 30.6 Å². The molecule has 0 fully saturated rings. The number of hydrogen-bond acceptors (Lipinski definition) is 6. The lowest BCUT2D eigenvalue weighted by molar-refractivity contribution is -0.384. The van der Waals surface area contributed by atoms with E-state index in [2.05, 4.69) is 10.6 Å². The Morgan fingerprint density at radius 1 is 1.17 bits per heavy atom. The Bertz CT molecular complexity index is 909. The summed E-state index contributed by atoms with van der Waals surface area (Å²) in [5, 5.41) is 16.2. The van der Waals surface area contributed by atoms with Crippen molar-refractivity contribution >= 4 is 32.8 Å². The van der Waals surface area contributed by atoms with Crippen LogP contribution in [0.2, 0.25) is 0 Å². The highest BCUT2D eigenvalue weighted by Crippen LogP contribution is 2.25. The van der Waals surface area contributed by atoms with Gasteiger partial charge in [0.15, 0.2) is 9.84 Å². The molecule has 0 saturated carbocycles. The van der Waals surface area contributed by atoms with Crippen molar-refractivity contribution in [2.75, 3.05) is 23.9 Å². The average molecular weight is 349 g/mol. The summed E-state index contributed by atoms with van der Waals surface area (Å²) < 4.78 is 23.1. The summed E-state index contributed by atoms with van der Waals surface area (Å²) in [6, 6.07) is 9.79. The Morgan fingerprint density at radius 2 is 1.88 bits per heavy atom. The normalized spacial score (nSPS) is 10.9. The standard InChI is InChI=1S/C15H15N3O5S/c1-16-13-7-6-10(8-14(13)18(20)21)15(19)17-11-4-3-5-12(9-11)24(2,22)23/h3-9,16H,1-2H3,(H,17,19). The van der Waals surface area contributed by atoms with Crippen molar-refractivity contribution < 1.29 is 18.1 Å². The summed E-state index contributed by atoms with van der Waals surface area (Å²) in [5.74, 6) is -0.577. The lowest BCUT2D eigenvalue weighted by Crippen LogP contribution is -2.13. The van der Waals surface area contributed by atoms with Crippen LogP contribution in [0.1, 0.15) is 10.4 Å². The van der Waals surface area contributed by atoms with Crippen LogP contribution in [-0.4, -0.2) is 32.6 Å². The number of hydrogen-bond donors (Lipinski definition) is 2. The largest absolute Gasteiger partial charge is 0.383 e. The van der Waals surface area contributed by atoms with Gasteiger partial charge in [-0.2, -0.15) is 0 Å². The minimum Gasteiger partial charge on any atom is -0.383 e. The first-order valence-electron chi connectivity index (χ1n) is 6.80. The Kier molecular flexibility index (Phi) is 4.84. The van der Waals surface area contributed by atoms with E-state index < -0.39 is 20.7 Å². The molecule has 0 saturated heterocycles. The molecule has 0 bridgehead atoms. The van der Waals surface area contributed by atoms with E-state index in [9.17, 15) is 23.3 Å². The molecule has 9 heteroatoms. The molecule has 1 amide bonds. The second-order valence-electron chi connectivity index (χ2n) is 4.99. The monoisotopic (exact) mass is 349 g/mol. The van der Waals surface area contributed by atoms with Crippen molar-refractivity contribution in [3.05, 3.63) is 58.1 Å². The number of benzene rings is 2. The summed E-state index contributed by atoms with van der Waals surface area (Å²) in [6.07, 6.45) is 1.06. The molecule has 0 heterocycles. The summed E-state index contributed by atoms with van der Waals surface area (Å²) in [5.41, 5.74) is 0.430. The zero-order valence-electron chi connectivity index (χ0n) is 12.9. The van der Waals surface area contributed by atoms with Crippen LogP contribution >= 0.6 is 0 Å². The number of nitrogens with zero attached hydrogens (tertiary/aromatic N) is 1. The molecule has 0 aliphatic rings. The summed E-state index contributed by atoms with van der Waals surface area (Å²) in [7, 11) is -1.86. The van der Waals surface area contributed by atoms with Crippen molar-refractivity contribution in [1.82, 2.24) is 0 Å². The van der Waals surface area contributed by atoms with Crippen molar-refractivity contribution in [2.45, 2.75) is 4.90 Å². The third-order valence-corrected chi connectivity index (χ3v) is 4.36. The third-order valence-electron chi connectivity index (χ3n) is 3.25. The number of nitrogens with one attached hydrogen (secondary N) is 2. The predicted octanol–water partition coefficient (Wildman–Crippen LogP) is 2.29. The van der Waals surface area contributed by atoms with Crippen molar-refractivity contribution in [3.63, 3.8) is 0 Å². The van der Waals surface area contributed by atoms with E-state index in [1.165, 1.54) is 36.4 Å². The molecular weight excluding hydrogens is 334 g/mol. The van der Waals surface area contributed by atoms with Crippen LogP contribution in [0.5, 0.6) is 0 Å². The fourth-order valence-corrected chi connectivity index (χ4v) is 2.71. The Morgan fingerprint density at radius 3 is 2.46 bits per heavy atom. The van der Waals surface area contributed by atoms with Gasteiger partial charge in [0.1, 0.15) is 5.69 Å². The number of amides is 1. The molecule has 24 heavy (non-hydrogen) atoms. The van der Waals surface area contributed by atoms with Gasteiger partial charge in [0.2, 0.25) is 0 Å². The van der Waals surface area contributed by atoms with Crippen LogP contribution in [0.25, 0.3) is 0 Å². The van der Waals surface area contributed by atoms with Crippen LogP contribution in [0, 0.1) is 10.1 Å². The fourth-order valence-electron chi connectivity index (χ4n) is 2.04. The van der Waals surface area contributed by atoms with E-state index in [1.54, 1.807) is 7.05 Å². The van der Waals surface area contributed by atoms with E-state index >= 15 is 0 Å². The van der Waals surface area contributed by atoms with Gasteiger partial charge in [-0.1, -0.05) is 6.07 Å². The summed E-state index contributed by atoms with van der Waals surface area (Å²) in [6.45, 7) is 0. The van der Waals surface area contributed by atoms with Crippen molar-refractivity contribution in [3.8, 4) is 0 Å². The topological polar surface area (TPSA) is 118 Å². The molecule has 0 aliphatic heterocycles. The van der Waals surface area contributed by atoms with E-state index in [1.807, 2.05) is 0 Å². The van der Waals surface area contributed by atoms with Gasteiger partial charge in [-0.3, -0.25) is 14.9 Å². The van der Waals surface area contributed by atoms with Gasteiger partial charge in [0.05, 0.1) is 9.82 Å². The van der Waals surface area contributed by atoms with Gasteiger partial charge in [-0.25, -0.2) is 8.42 Å². The Labute approximate surface area is 138 Å². The minimum atomic E-state index is -3.40. The number of anilines is 2. The van der Waals surface area contributed by atoms with E-state index in [0.29, 0.717) is 0 Å². The van der Waals surface area contributed by atoms with Crippen LogP contribution in [0.15, 0.2) is 47.4 Å². The van der Waals surface area contributed by atoms with Gasteiger partial charge in [0.25, 0.3) is 11.6 Å². The minimum absolute atomic E-state index is 0.0665. The molecule has 0 spiro atoms. The predicted molar refractivity (Wildman–Crippen MR) is 90.1 cm³/mol. The molecule has 2 aromatic carbocycles. The molecule has 2 aromatic rings. The molecule has 0 radical (unpaired) electrons. The number of nitro benzene ring substituents is 1. The first kappa shape index (κ1) is 17.4.